The first-order valence-corrected chi connectivity index (χ1v) is 7.36. The van der Waals surface area contributed by atoms with Crippen molar-refractivity contribution >= 4 is 0 Å². The lowest BCUT2D eigenvalue weighted by atomic mass is 10.0. The fraction of sp³-hybridized carbons (Fsp3) is 0.800. The lowest BCUT2D eigenvalue weighted by molar-refractivity contribution is 0.496. The Hall–Kier alpha value is -0.830. The molecule has 1 aromatic rings. The van der Waals surface area contributed by atoms with Crippen LogP contribution in [0.5, 0.6) is 0 Å². The maximum absolute atomic E-state index is 4.43. The third-order valence-corrected chi connectivity index (χ3v) is 3.62. The normalized spacial score (nSPS) is 12.9. The van der Waals surface area contributed by atoms with Crippen molar-refractivity contribution in [3.05, 3.63) is 17.5 Å². The Morgan fingerprint density at radius 2 is 1.89 bits per heavy atom. The van der Waals surface area contributed by atoms with E-state index in [1.807, 2.05) is 18.8 Å². The molecule has 18 heavy (non-hydrogen) atoms. The van der Waals surface area contributed by atoms with Crippen LogP contribution in [0, 0.1) is 6.92 Å². The molecule has 0 fully saturated rings. The van der Waals surface area contributed by atoms with Gasteiger partial charge in [-0.25, -0.2) is 0 Å². The summed E-state index contributed by atoms with van der Waals surface area (Å²) in [5.41, 5.74) is 2.51. The smallest absolute Gasteiger partial charge is 0.0641 e. The minimum absolute atomic E-state index is 0.463. The monoisotopic (exact) mass is 251 g/mol. The maximum Gasteiger partial charge on any atom is 0.0641 e. The molecule has 0 aliphatic heterocycles. The molecule has 1 aromatic heterocycles. The van der Waals surface area contributed by atoms with E-state index in [-0.39, 0.29) is 0 Å². The maximum atomic E-state index is 4.43. The zero-order valence-corrected chi connectivity index (χ0v) is 12.5. The number of aryl methyl sites for hydroxylation is 2. The van der Waals surface area contributed by atoms with Crippen LogP contribution in [0.2, 0.25) is 0 Å². The van der Waals surface area contributed by atoms with Crippen LogP contribution in [0.15, 0.2) is 6.20 Å². The molecule has 0 aliphatic carbocycles. The highest BCUT2D eigenvalue weighted by Crippen LogP contribution is 2.22. The number of hydrogen-bond acceptors (Lipinski definition) is 2. The van der Waals surface area contributed by atoms with Crippen LogP contribution in [0.4, 0.5) is 0 Å². The van der Waals surface area contributed by atoms with Crippen LogP contribution in [-0.2, 0) is 7.05 Å². The molecule has 0 aliphatic rings. The van der Waals surface area contributed by atoms with Crippen LogP contribution >= 0.6 is 0 Å². The van der Waals surface area contributed by atoms with E-state index < -0.39 is 0 Å². The van der Waals surface area contributed by atoms with Crippen LogP contribution < -0.4 is 5.32 Å². The van der Waals surface area contributed by atoms with Crippen LogP contribution in [0.25, 0.3) is 0 Å². The number of aromatic nitrogens is 2. The molecule has 3 heteroatoms. The number of nitrogens with zero attached hydrogens (tertiary/aromatic N) is 2. The van der Waals surface area contributed by atoms with Crippen molar-refractivity contribution in [3.63, 3.8) is 0 Å². The Morgan fingerprint density at radius 3 is 2.44 bits per heavy atom. The third-order valence-electron chi connectivity index (χ3n) is 3.62. The highest BCUT2D eigenvalue weighted by molar-refractivity contribution is 5.19. The first kappa shape index (κ1) is 15.2. The molecule has 0 aromatic carbocycles. The second-order valence-corrected chi connectivity index (χ2v) is 5.24. The Morgan fingerprint density at radius 1 is 1.22 bits per heavy atom. The molecule has 0 amide bonds. The van der Waals surface area contributed by atoms with Crippen molar-refractivity contribution in [1.29, 1.82) is 0 Å². The van der Waals surface area contributed by atoms with E-state index in [1.54, 1.807) is 0 Å². The van der Waals surface area contributed by atoms with Gasteiger partial charge < -0.3 is 5.32 Å². The predicted molar refractivity (Wildman–Crippen MR) is 77.7 cm³/mol. The van der Waals surface area contributed by atoms with Gasteiger partial charge in [0.25, 0.3) is 0 Å². The van der Waals surface area contributed by atoms with Crippen LogP contribution in [0.3, 0.4) is 0 Å². The van der Waals surface area contributed by atoms with Crippen molar-refractivity contribution in [1.82, 2.24) is 15.1 Å². The fourth-order valence-corrected chi connectivity index (χ4v) is 2.54. The van der Waals surface area contributed by atoms with Crippen molar-refractivity contribution in [2.75, 3.05) is 7.05 Å². The molecule has 0 radical (unpaired) electrons. The molecule has 1 rings (SSSR count). The minimum Gasteiger partial charge on any atom is -0.313 e. The van der Waals surface area contributed by atoms with Gasteiger partial charge in [-0.1, -0.05) is 45.4 Å². The van der Waals surface area contributed by atoms with E-state index in [9.17, 15) is 0 Å². The molecular weight excluding hydrogens is 222 g/mol. The minimum atomic E-state index is 0.463. The molecule has 1 heterocycles. The number of nitrogens with one attached hydrogen (secondary N) is 1. The summed E-state index contributed by atoms with van der Waals surface area (Å²) in [5, 5.41) is 7.85. The highest BCUT2D eigenvalue weighted by Gasteiger charge is 2.13. The second-order valence-electron chi connectivity index (χ2n) is 5.24. The lowest BCUT2D eigenvalue weighted by Crippen LogP contribution is -2.16. The summed E-state index contributed by atoms with van der Waals surface area (Å²) in [6.07, 6.45) is 11.5. The van der Waals surface area contributed by atoms with Crippen molar-refractivity contribution < 1.29 is 0 Å². The molecule has 0 bridgehead atoms. The van der Waals surface area contributed by atoms with Gasteiger partial charge in [-0.15, -0.1) is 0 Å². The van der Waals surface area contributed by atoms with Gasteiger partial charge in [0.15, 0.2) is 0 Å². The first-order valence-electron chi connectivity index (χ1n) is 7.36. The second kappa shape index (κ2) is 8.30. The molecule has 0 saturated carbocycles. The van der Waals surface area contributed by atoms with Crippen molar-refractivity contribution in [3.8, 4) is 0 Å². The van der Waals surface area contributed by atoms with Gasteiger partial charge in [0.1, 0.15) is 0 Å². The molecule has 0 spiro atoms. The molecule has 1 N–H and O–H groups in total. The quantitative estimate of drug-likeness (QED) is 0.678. The van der Waals surface area contributed by atoms with Gasteiger partial charge in [-0.2, -0.15) is 5.10 Å². The summed E-state index contributed by atoms with van der Waals surface area (Å²) in [6.45, 7) is 4.36. The van der Waals surface area contributed by atoms with E-state index in [0.29, 0.717) is 6.04 Å². The van der Waals surface area contributed by atoms with Crippen LogP contribution in [0.1, 0.15) is 69.2 Å². The van der Waals surface area contributed by atoms with E-state index in [2.05, 4.69) is 30.5 Å². The van der Waals surface area contributed by atoms with E-state index >= 15 is 0 Å². The van der Waals surface area contributed by atoms with Gasteiger partial charge >= 0.3 is 0 Å². The summed E-state index contributed by atoms with van der Waals surface area (Å²) in [6, 6.07) is 0.463. The zero-order valence-electron chi connectivity index (χ0n) is 12.5. The van der Waals surface area contributed by atoms with Gasteiger partial charge in [0, 0.05) is 24.8 Å². The summed E-state index contributed by atoms with van der Waals surface area (Å²) in [4.78, 5) is 0. The van der Waals surface area contributed by atoms with E-state index in [1.165, 1.54) is 50.5 Å². The third kappa shape index (κ3) is 4.81. The Bertz CT molecular complexity index is 330. The molecule has 1 atom stereocenters. The van der Waals surface area contributed by atoms with Gasteiger partial charge in [0.2, 0.25) is 0 Å². The van der Waals surface area contributed by atoms with Gasteiger partial charge in [0.05, 0.1) is 5.69 Å². The Kier molecular flexibility index (Phi) is 7.02. The average molecular weight is 251 g/mol. The molecule has 0 saturated heterocycles. The fourth-order valence-electron chi connectivity index (χ4n) is 2.54. The summed E-state index contributed by atoms with van der Waals surface area (Å²) in [7, 11) is 4.04. The van der Waals surface area contributed by atoms with Gasteiger partial charge in [-0.05, 0) is 20.4 Å². The Labute approximate surface area is 112 Å². The Balaban J connectivity index is 2.32. The van der Waals surface area contributed by atoms with E-state index in [0.717, 1.165) is 5.69 Å². The number of unbranched alkanes of at least 4 members (excludes halogenated alkanes) is 5. The SMILES string of the molecule is CCCCCCCCC(NC)c1cn(C)nc1C. The van der Waals surface area contributed by atoms with Crippen LogP contribution in [-0.4, -0.2) is 16.8 Å². The molecular formula is C15H29N3. The first-order chi connectivity index (χ1) is 8.69. The number of rotatable bonds is 9. The topological polar surface area (TPSA) is 29.9 Å². The van der Waals surface area contributed by atoms with Gasteiger partial charge in [-0.3, -0.25) is 4.68 Å². The zero-order chi connectivity index (χ0) is 13.4. The molecule has 104 valence electrons. The predicted octanol–water partition coefficient (Wildman–Crippen LogP) is 3.74. The average Bonchev–Trinajstić information content (AvgIpc) is 2.68. The largest absolute Gasteiger partial charge is 0.313 e. The van der Waals surface area contributed by atoms with E-state index in [4.69, 9.17) is 0 Å². The summed E-state index contributed by atoms with van der Waals surface area (Å²) in [5.74, 6) is 0. The standard InChI is InChI=1S/C15H29N3/c1-5-6-7-8-9-10-11-15(16-3)14-12-18(4)17-13(14)2/h12,15-16H,5-11H2,1-4H3. The summed E-state index contributed by atoms with van der Waals surface area (Å²) < 4.78 is 1.91. The summed E-state index contributed by atoms with van der Waals surface area (Å²) >= 11 is 0. The number of hydrogen-bond donors (Lipinski definition) is 1. The molecule has 3 nitrogen and oxygen atoms in total. The highest BCUT2D eigenvalue weighted by atomic mass is 15.3. The lowest BCUT2D eigenvalue weighted by Gasteiger charge is -2.15. The van der Waals surface area contributed by atoms with Crippen molar-refractivity contribution in [2.24, 2.45) is 7.05 Å². The van der Waals surface area contributed by atoms with Crippen molar-refractivity contribution in [2.45, 2.75) is 64.8 Å². The molecule has 1 unspecified atom stereocenters.